The van der Waals surface area contributed by atoms with Crippen molar-refractivity contribution in [1.29, 1.82) is 0 Å². The van der Waals surface area contributed by atoms with Crippen molar-refractivity contribution in [3.8, 4) is 17.0 Å². The Balaban J connectivity index is 1.33. The molecule has 45 heavy (non-hydrogen) atoms. The Morgan fingerprint density at radius 2 is 1.80 bits per heavy atom. The van der Waals surface area contributed by atoms with Gasteiger partial charge in [0.05, 0.1) is 11.9 Å². The molecular weight excluding hydrogens is 572 g/mol. The normalized spacial score (nSPS) is 15.1. The Hall–Kier alpha value is -5.23. The van der Waals surface area contributed by atoms with Crippen LogP contribution in [0.4, 0.5) is 27.8 Å². The summed E-state index contributed by atoms with van der Waals surface area (Å²) in [4.78, 5) is 53.3. The van der Waals surface area contributed by atoms with E-state index < -0.39 is 6.09 Å². The number of anilines is 4. The molecule has 2 amide bonds. The van der Waals surface area contributed by atoms with E-state index in [9.17, 15) is 14.4 Å². The van der Waals surface area contributed by atoms with E-state index in [-0.39, 0.29) is 23.3 Å². The summed E-state index contributed by atoms with van der Waals surface area (Å²) in [7, 11) is 7.35. The molecule has 5 rings (SSSR count). The van der Waals surface area contributed by atoms with Gasteiger partial charge < -0.3 is 24.4 Å². The average Bonchev–Trinajstić information content (AvgIpc) is 3.03. The van der Waals surface area contributed by atoms with Gasteiger partial charge in [0.15, 0.2) is 11.6 Å². The van der Waals surface area contributed by atoms with Crippen molar-refractivity contribution in [2.45, 2.75) is 19.9 Å². The van der Waals surface area contributed by atoms with Crippen LogP contribution >= 0.6 is 0 Å². The predicted octanol–water partition coefficient (Wildman–Crippen LogP) is 4.41. The lowest BCUT2D eigenvalue weighted by molar-refractivity contribution is -0.139. The molecule has 0 radical (unpaired) electrons. The summed E-state index contributed by atoms with van der Waals surface area (Å²) in [5.74, 6) is 1.30. The summed E-state index contributed by atoms with van der Waals surface area (Å²) in [6.45, 7) is 6.18. The third-order valence-electron chi connectivity index (χ3n) is 8.04. The molecule has 4 aromatic rings. The average molecular weight is 611 g/mol. The second-order valence-corrected chi connectivity index (χ2v) is 11.1. The number of hydrogen-bond acceptors (Lipinski definition) is 9. The Labute approximate surface area is 262 Å². The number of piperazine rings is 1. The number of nitrogens with zero attached hydrogens (tertiary/aromatic N) is 6. The highest BCUT2D eigenvalue weighted by atomic mass is 16.6. The summed E-state index contributed by atoms with van der Waals surface area (Å²) < 4.78 is 6.91. The summed E-state index contributed by atoms with van der Waals surface area (Å²) >= 11 is 0. The number of aryl methyl sites for hydroxylation is 1. The maximum atomic E-state index is 13.0. The number of rotatable bonds is 8. The molecule has 3 heterocycles. The second kappa shape index (κ2) is 13.2. The number of likely N-dealkylation sites (N-methyl/N-ethyl adjacent to an activating group) is 2. The fourth-order valence-electron chi connectivity index (χ4n) is 5.16. The first kappa shape index (κ1) is 31.2. The largest absolute Gasteiger partial charge is 0.417 e. The molecule has 2 N–H and O–H groups in total. The third kappa shape index (κ3) is 6.80. The third-order valence-corrected chi connectivity index (χ3v) is 8.04. The molecule has 0 saturated carbocycles. The Morgan fingerprint density at radius 3 is 2.49 bits per heavy atom. The van der Waals surface area contributed by atoms with Gasteiger partial charge in [0.25, 0.3) is 5.56 Å². The van der Waals surface area contributed by atoms with Gasteiger partial charge in [0.1, 0.15) is 11.9 Å². The SMILES string of the molecule is CCN(C)c1ccc(OC(=O)Nc2cccc(-c3cn(C)c(=O)c(Nc4ccc(C5C(=O)N(C)CCN5C)cc4)n3)c2C)cn1. The first-order valence-corrected chi connectivity index (χ1v) is 14.7. The zero-order valence-electron chi connectivity index (χ0n) is 26.4. The van der Waals surface area contributed by atoms with Gasteiger partial charge in [0, 0.05) is 63.9 Å². The van der Waals surface area contributed by atoms with E-state index in [1.165, 1.54) is 10.8 Å². The molecule has 0 bridgehead atoms. The van der Waals surface area contributed by atoms with Gasteiger partial charge in [-0.25, -0.2) is 14.8 Å². The van der Waals surface area contributed by atoms with Crippen LogP contribution in [0, 0.1) is 6.92 Å². The van der Waals surface area contributed by atoms with Crippen LogP contribution < -0.4 is 25.8 Å². The molecule has 1 saturated heterocycles. The first-order chi connectivity index (χ1) is 21.5. The smallest absolute Gasteiger partial charge is 0.408 e. The van der Waals surface area contributed by atoms with E-state index in [2.05, 4.69) is 20.6 Å². The molecule has 1 atom stereocenters. The minimum absolute atomic E-state index is 0.0548. The van der Waals surface area contributed by atoms with E-state index in [1.54, 1.807) is 42.4 Å². The summed E-state index contributed by atoms with van der Waals surface area (Å²) in [6, 6.07) is 16.0. The molecular formula is C33H38N8O4. The van der Waals surface area contributed by atoms with E-state index in [0.29, 0.717) is 29.4 Å². The van der Waals surface area contributed by atoms with Gasteiger partial charge in [0.2, 0.25) is 5.91 Å². The van der Waals surface area contributed by atoms with Crippen LogP contribution in [-0.4, -0.2) is 77.1 Å². The zero-order valence-corrected chi connectivity index (χ0v) is 26.4. The van der Waals surface area contributed by atoms with Crippen molar-refractivity contribution >= 4 is 35.0 Å². The molecule has 1 fully saturated rings. The van der Waals surface area contributed by atoms with Crippen molar-refractivity contribution in [3.63, 3.8) is 0 Å². The van der Waals surface area contributed by atoms with Crippen molar-refractivity contribution in [2.75, 3.05) is 56.3 Å². The van der Waals surface area contributed by atoms with Crippen molar-refractivity contribution in [3.05, 3.63) is 88.5 Å². The van der Waals surface area contributed by atoms with Crippen molar-refractivity contribution < 1.29 is 14.3 Å². The minimum Gasteiger partial charge on any atom is -0.408 e. The number of nitrogens with one attached hydrogen (secondary N) is 2. The van der Waals surface area contributed by atoms with E-state index >= 15 is 0 Å². The highest BCUT2D eigenvalue weighted by Crippen LogP contribution is 2.29. The van der Waals surface area contributed by atoms with Crippen LogP contribution in [0.2, 0.25) is 0 Å². The number of aromatic nitrogens is 3. The number of ether oxygens (including phenoxy) is 1. The first-order valence-electron chi connectivity index (χ1n) is 14.7. The second-order valence-electron chi connectivity index (χ2n) is 11.1. The number of carbonyl (C=O) groups excluding carboxylic acids is 2. The van der Waals surface area contributed by atoms with Crippen LogP contribution in [0.1, 0.15) is 24.1 Å². The Bertz CT molecular complexity index is 1750. The maximum absolute atomic E-state index is 13.0. The van der Waals surface area contributed by atoms with Gasteiger partial charge in [-0.05, 0) is 62.4 Å². The molecule has 1 aliphatic heterocycles. The van der Waals surface area contributed by atoms with Crippen LogP contribution in [0.5, 0.6) is 5.75 Å². The molecule has 12 nitrogen and oxygen atoms in total. The van der Waals surface area contributed by atoms with Crippen LogP contribution in [0.3, 0.4) is 0 Å². The molecule has 0 aliphatic carbocycles. The Kier molecular flexibility index (Phi) is 9.14. The maximum Gasteiger partial charge on any atom is 0.417 e. The minimum atomic E-state index is -0.652. The van der Waals surface area contributed by atoms with Crippen LogP contribution in [-0.2, 0) is 11.8 Å². The Morgan fingerprint density at radius 1 is 1.04 bits per heavy atom. The lowest BCUT2D eigenvalue weighted by Gasteiger charge is -2.37. The molecule has 1 unspecified atom stereocenters. The number of carbonyl (C=O) groups is 2. The van der Waals surface area contributed by atoms with E-state index in [0.717, 1.165) is 35.6 Å². The molecule has 0 spiro atoms. The molecule has 1 aliphatic rings. The van der Waals surface area contributed by atoms with Gasteiger partial charge in [-0.2, -0.15) is 0 Å². The van der Waals surface area contributed by atoms with Gasteiger partial charge >= 0.3 is 6.09 Å². The van der Waals surface area contributed by atoms with E-state index in [4.69, 9.17) is 4.74 Å². The van der Waals surface area contributed by atoms with Crippen LogP contribution in [0.15, 0.2) is 71.8 Å². The van der Waals surface area contributed by atoms with Crippen molar-refractivity contribution in [2.24, 2.45) is 7.05 Å². The topological polar surface area (TPSA) is 125 Å². The number of amides is 2. The summed E-state index contributed by atoms with van der Waals surface area (Å²) in [6.07, 6.45) is 2.51. The monoisotopic (exact) mass is 610 g/mol. The van der Waals surface area contributed by atoms with Gasteiger partial charge in [-0.3, -0.25) is 19.8 Å². The fourth-order valence-corrected chi connectivity index (χ4v) is 5.16. The highest BCUT2D eigenvalue weighted by Gasteiger charge is 2.31. The van der Waals surface area contributed by atoms with Gasteiger partial charge in [-0.15, -0.1) is 0 Å². The fraction of sp³-hybridized carbons (Fsp3) is 0.303. The molecule has 234 valence electrons. The lowest BCUT2D eigenvalue weighted by Crippen LogP contribution is -2.48. The molecule has 2 aromatic heterocycles. The number of hydrogen-bond donors (Lipinski definition) is 2. The quantitative estimate of drug-likeness (QED) is 0.299. The van der Waals surface area contributed by atoms with Crippen LogP contribution in [0.25, 0.3) is 11.3 Å². The zero-order chi connectivity index (χ0) is 32.2. The standard InChI is InChI=1S/C33H38N8O4/c1-7-38(3)28-16-15-24(19-34-28)45-33(44)37-26-10-8-9-25(21(26)2)27-20-41(6)32(43)30(36-27)35-23-13-11-22(12-14-23)29-31(42)40(5)18-17-39(29)4/h8-16,19-20,29H,7,17-18H2,1-6H3,(H,35,36)(H,37,44). The number of benzene rings is 2. The lowest BCUT2D eigenvalue weighted by atomic mass is 10.0. The molecule has 12 heteroatoms. The predicted molar refractivity (Wildman–Crippen MR) is 175 cm³/mol. The van der Waals surface area contributed by atoms with Gasteiger partial charge in [-0.1, -0.05) is 24.3 Å². The highest BCUT2D eigenvalue weighted by molar-refractivity contribution is 5.89. The summed E-state index contributed by atoms with van der Waals surface area (Å²) in [5.41, 5.74) is 3.82. The summed E-state index contributed by atoms with van der Waals surface area (Å²) in [5, 5.41) is 5.94. The number of pyridine rings is 1. The molecule has 2 aromatic carbocycles. The van der Waals surface area contributed by atoms with E-state index in [1.807, 2.05) is 75.1 Å². The van der Waals surface area contributed by atoms with Crippen molar-refractivity contribution in [1.82, 2.24) is 24.3 Å².